The fourth-order valence-corrected chi connectivity index (χ4v) is 2.90. The first-order chi connectivity index (χ1) is 9.25. The van der Waals surface area contributed by atoms with Crippen LogP contribution in [0.2, 0.25) is 0 Å². The van der Waals surface area contributed by atoms with Crippen molar-refractivity contribution in [2.24, 2.45) is 0 Å². The van der Waals surface area contributed by atoms with E-state index >= 15 is 0 Å². The highest BCUT2D eigenvalue weighted by Crippen LogP contribution is 2.38. The molecule has 0 bridgehead atoms. The van der Waals surface area contributed by atoms with Crippen LogP contribution in [0.1, 0.15) is 46.7 Å². The molecule has 1 nitrogen and oxygen atoms in total. The Morgan fingerprint density at radius 3 is 2.32 bits per heavy atom. The third kappa shape index (κ3) is 2.59. The van der Waals surface area contributed by atoms with Crippen LogP contribution < -0.4 is 0 Å². The molecule has 1 aliphatic carbocycles. The van der Waals surface area contributed by atoms with Gasteiger partial charge in [-0.15, -0.1) is 0 Å². The minimum absolute atomic E-state index is 0.152. The molecule has 3 rings (SSSR count). The van der Waals surface area contributed by atoms with E-state index in [4.69, 9.17) is 0 Å². The van der Waals surface area contributed by atoms with Gasteiger partial charge in [0.2, 0.25) is 0 Å². The molecule has 0 aliphatic heterocycles. The second kappa shape index (κ2) is 5.45. The van der Waals surface area contributed by atoms with Gasteiger partial charge in [-0.05, 0) is 71.2 Å². The number of hydrogen-bond donors (Lipinski definition) is 0. The summed E-state index contributed by atoms with van der Waals surface area (Å²) in [6.45, 7) is 0. The molecule has 0 spiro atoms. The van der Waals surface area contributed by atoms with E-state index in [-0.39, 0.29) is 5.78 Å². The van der Waals surface area contributed by atoms with Crippen molar-refractivity contribution in [1.29, 1.82) is 0 Å². The molecule has 0 N–H and O–H groups in total. The predicted octanol–water partition coefficient (Wildman–Crippen LogP) is 4.79. The average molecular weight is 362 g/mol. The van der Waals surface area contributed by atoms with Crippen LogP contribution in [0.25, 0.3) is 0 Å². The number of halogens is 1. The zero-order valence-corrected chi connectivity index (χ0v) is 12.8. The first kappa shape index (κ1) is 12.9. The maximum Gasteiger partial charge on any atom is 0.193 e. The maximum absolute atomic E-state index is 12.6. The standard InChI is InChI=1S/C17H15IO/c18-14-10-8-13(9-11-14)17(19)16-7-2-1-6-15(16)12-4-3-5-12/h1-2,6-12H,3-5H2. The van der Waals surface area contributed by atoms with Crippen molar-refractivity contribution in [2.75, 3.05) is 0 Å². The number of ketones is 1. The molecule has 0 heterocycles. The summed E-state index contributed by atoms with van der Waals surface area (Å²) in [6, 6.07) is 15.9. The molecule has 1 aliphatic rings. The van der Waals surface area contributed by atoms with Gasteiger partial charge in [-0.1, -0.05) is 30.7 Å². The molecular formula is C17H15IO. The predicted molar refractivity (Wildman–Crippen MR) is 85.6 cm³/mol. The molecule has 0 saturated heterocycles. The van der Waals surface area contributed by atoms with Crippen LogP contribution >= 0.6 is 22.6 Å². The van der Waals surface area contributed by atoms with Crippen LogP contribution in [0.5, 0.6) is 0 Å². The van der Waals surface area contributed by atoms with Crippen molar-refractivity contribution in [3.8, 4) is 0 Å². The van der Waals surface area contributed by atoms with E-state index in [1.54, 1.807) is 0 Å². The van der Waals surface area contributed by atoms with Gasteiger partial charge in [0.15, 0.2) is 5.78 Å². The summed E-state index contributed by atoms with van der Waals surface area (Å²) in [5.74, 6) is 0.739. The summed E-state index contributed by atoms with van der Waals surface area (Å²) < 4.78 is 1.15. The Morgan fingerprint density at radius 1 is 1.00 bits per heavy atom. The third-order valence-corrected chi connectivity index (χ3v) is 4.58. The van der Waals surface area contributed by atoms with E-state index in [1.807, 2.05) is 42.5 Å². The van der Waals surface area contributed by atoms with Gasteiger partial charge >= 0.3 is 0 Å². The molecule has 2 aromatic rings. The Labute approximate surface area is 127 Å². The summed E-state index contributed by atoms with van der Waals surface area (Å²) in [5, 5.41) is 0. The van der Waals surface area contributed by atoms with Crippen LogP contribution in [0, 0.1) is 3.57 Å². The molecule has 19 heavy (non-hydrogen) atoms. The summed E-state index contributed by atoms with van der Waals surface area (Å²) in [6.07, 6.45) is 3.73. The Bertz CT molecular complexity index is 597. The second-order valence-electron chi connectivity index (χ2n) is 5.05. The fraction of sp³-hybridized carbons (Fsp3) is 0.235. The van der Waals surface area contributed by atoms with Crippen LogP contribution in [0.4, 0.5) is 0 Å². The molecule has 2 heteroatoms. The van der Waals surface area contributed by atoms with Crippen LogP contribution in [-0.2, 0) is 0 Å². The fourth-order valence-electron chi connectivity index (χ4n) is 2.54. The Kier molecular flexibility index (Phi) is 3.69. The second-order valence-corrected chi connectivity index (χ2v) is 6.30. The zero-order chi connectivity index (χ0) is 13.2. The SMILES string of the molecule is O=C(c1ccc(I)cc1)c1ccccc1C1CCC1. The minimum Gasteiger partial charge on any atom is -0.289 e. The van der Waals surface area contributed by atoms with E-state index in [1.165, 1.54) is 24.8 Å². The monoisotopic (exact) mass is 362 g/mol. The summed E-state index contributed by atoms with van der Waals surface area (Å²) in [7, 11) is 0. The van der Waals surface area contributed by atoms with Crippen molar-refractivity contribution in [1.82, 2.24) is 0 Å². The summed E-state index contributed by atoms with van der Waals surface area (Å²) in [4.78, 5) is 12.6. The number of carbonyl (C=O) groups excluding carboxylic acids is 1. The average Bonchev–Trinajstić information content (AvgIpc) is 2.37. The summed E-state index contributed by atoms with van der Waals surface area (Å²) in [5.41, 5.74) is 2.90. The van der Waals surface area contributed by atoms with E-state index < -0.39 is 0 Å². The quantitative estimate of drug-likeness (QED) is 0.567. The van der Waals surface area contributed by atoms with Crippen molar-refractivity contribution in [2.45, 2.75) is 25.2 Å². The van der Waals surface area contributed by atoms with Gasteiger partial charge in [0.25, 0.3) is 0 Å². The van der Waals surface area contributed by atoms with Crippen LogP contribution in [-0.4, -0.2) is 5.78 Å². The number of hydrogen-bond acceptors (Lipinski definition) is 1. The van der Waals surface area contributed by atoms with E-state index in [0.717, 1.165) is 14.7 Å². The molecule has 0 radical (unpaired) electrons. The third-order valence-electron chi connectivity index (χ3n) is 3.86. The molecule has 96 valence electrons. The highest BCUT2D eigenvalue weighted by molar-refractivity contribution is 14.1. The Morgan fingerprint density at radius 2 is 1.68 bits per heavy atom. The van der Waals surface area contributed by atoms with Gasteiger partial charge in [-0.2, -0.15) is 0 Å². The number of rotatable bonds is 3. The maximum atomic E-state index is 12.6. The lowest BCUT2D eigenvalue weighted by Crippen LogP contribution is -2.14. The van der Waals surface area contributed by atoms with Crippen molar-refractivity contribution >= 4 is 28.4 Å². The van der Waals surface area contributed by atoms with E-state index in [0.29, 0.717) is 5.92 Å². The Hall–Kier alpha value is -1.16. The minimum atomic E-state index is 0.152. The first-order valence-corrected chi connectivity index (χ1v) is 7.73. The topological polar surface area (TPSA) is 17.1 Å². The molecule has 1 fully saturated rings. The van der Waals surface area contributed by atoms with Crippen molar-refractivity contribution in [3.05, 3.63) is 68.8 Å². The van der Waals surface area contributed by atoms with Crippen molar-refractivity contribution in [3.63, 3.8) is 0 Å². The van der Waals surface area contributed by atoms with Gasteiger partial charge in [-0.25, -0.2) is 0 Å². The van der Waals surface area contributed by atoms with Gasteiger partial charge < -0.3 is 0 Å². The van der Waals surface area contributed by atoms with E-state index in [9.17, 15) is 4.79 Å². The lowest BCUT2D eigenvalue weighted by molar-refractivity contribution is 0.103. The highest BCUT2D eigenvalue weighted by atomic mass is 127. The molecule has 0 atom stereocenters. The smallest absolute Gasteiger partial charge is 0.193 e. The van der Waals surface area contributed by atoms with Gasteiger partial charge in [0.05, 0.1) is 0 Å². The van der Waals surface area contributed by atoms with Crippen LogP contribution in [0.15, 0.2) is 48.5 Å². The lowest BCUT2D eigenvalue weighted by Gasteiger charge is -2.27. The zero-order valence-electron chi connectivity index (χ0n) is 10.6. The van der Waals surface area contributed by atoms with Gasteiger partial charge in [0.1, 0.15) is 0 Å². The lowest BCUT2D eigenvalue weighted by atomic mass is 9.77. The molecule has 2 aromatic carbocycles. The molecule has 1 saturated carbocycles. The van der Waals surface area contributed by atoms with Gasteiger partial charge in [-0.3, -0.25) is 4.79 Å². The number of benzene rings is 2. The highest BCUT2D eigenvalue weighted by Gasteiger charge is 2.24. The summed E-state index contributed by atoms with van der Waals surface area (Å²) >= 11 is 2.26. The number of carbonyl (C=O) groups is 1. The molecule has 0 unspecified atom stereocenters. The van der Waals surface area contributed by atoms with Crippen LogP contribution in [0.3, 0.4) is 0 Å². The van der Waals surface area contributed by atoms with Crippen molar-refractivity contribution < 1.29 is 4.79 Å². The van der Waals surface area contributed by atoms with E-state index in [2.05, 4.69) is 28.7 Å². The molecule has 0 aromatic heterocycles. The van der Waals surface area contributed by atoms with Gasteiger partial charge in [0, 0.05) is 14.7 Å². The molecular weight excluding hydrogens is 347 g/mol. The molecule has 0 amide bonds. The Balaban J connectivity index is 1.97. The first-order valence-electron chi connectivity index (χ1n) is 6.65. The normalized spacial score (nSPS) is 15.0. The largest absolute Gasteiger partial charge is 0.289 e.